The summed E-state index contributed by atoms with van der Waals surface area (Å²) < 4.78 is 7.06. The van der Waals surface area contributed by atoms with Crippen LogP contribution in [0.5, 0.6) is 0 Å². The predicted molar refractivity (Wildman–Crippen MR) is 84.4 cm³/mol. The van der Waals surface area contributed by atoms with Gasteiger partial charge in [-0.1, -0.05) is 13.8 Å². The summed E-state index contributed by atoms with van der Waals surface area (Å²) in [5, 5.41) is 13.3. The Labute approximate surface area is 136 Å². The van der Waals surface area contributed by atoms with Gasteiger partial charge in [0.2, 0.25) is 0 Å². The molecule has 2 heterocycles. The maximum absolute atomic E-state index is 12.9. The van der Waals surface area contributed by atoms with Gasteiger partial charge in [-0.3, -0.25) is 14.3 Å². The number of carbonyl (C=O) groups is 2. The quantitative estimate of drug-likeness (QED) is 0.860. The van der Waals surface area contributed by atoms with Gasteiger partial charge in [0.25, 0.3) is 5.91 Å². The standard InChI is InChI=1S/C16H25N3O4/c1-11(2)14-10-13(17-18(14)3)16(22)19(7-4-15(20)21)12-5-8-23-9-6-12/h10-12H,4-9H2,1-3H3,(H,20,21). The molecular formula is C16H25N3O4. The minimum Gasteiger partial charge on any atom is -0.481 e. The van der Waals surface area contributed by atoms with Gasteiger partial charge in [0.05, 0.1) is 6.42 Å². The van der Waals surface area contributed by atoms with Crippen LogP contribution in [0.4, 0.5) is 0 Å². The van der Waals surface area contributed by atoms with Crippen LogP contribution in [0.3, 0.4) is 0 Å². The van der Waals surface area contributed by atoms with Crippen LogP contribution in [0, 0.1) is 0 Å². The van der Waals surface area contributed by atoms with Crippen molar-refractivity contribution in [2.45, 2.75) is 45.1 Å². The predicted octanol–water partition coefficient (Wildman–Crippen LogP) is 1.64. The first-order chi connectivity index (χ1) is 10.9. The van der Waals surface area contributed by atoms with Crippen molar-refractivity contribution in [3.63, 3.8) is 0 Å². The number of hydrogen-bond donors (Lipinski definition) is 1. The molecule has 0 saturated carbocycles. The van der Waals surface area contributed by atoms with Gasteiger partial charge in [-0.2, -0.15) is 5.10 Å². The molecule has 7 nitrogen and oxygen atoms in total. The van der Waals surface area contributed by atoms with Crippen molar-refractivity contribution in [2.24, 2.45) is 7.05 Å². The molecule has 2 rings (SSSR count). The monoisotopic (exact) mass is 323 g/mol. The van der Waals surface area contributed by atoms with E-state index in [2.05, 4.69) is 5.10 Å². The molecule has 1 N–H and O–H groups in total. The zero-order chi connectivity index (χ0) is 17.0. The zero-order valence-electron chi connectivity index (χ0n) is 14.0. The van der Waals surface area contributed by atoms with Gasteiger partial charge in [-0.25, -0.2) is 0 Å². The molecule has 0 aliphatic carbocycles. The molecule has 0 radical (unpaired) electrons. The normalized spacial score (nSPS) is 15.8. The second-order valence-corrected chi connectivity index (χ2v) is 6.22. The molecule has 23 heavy (non-hydrogen) atoms. The number of carboxylic acids is 1. The van der Waals surface area contributed by atoms with Crippen molar-refractivity contribution < 1.29 is 19.4 Å². The average Bonchev–Trinajstić information content (AvgIpc) is 2.90. The van der Waals surface area contributed by atoms with Crippen LogP contribution in [0.2, 0.25) is 0 Å². The van der Waals surface area contributed by atoms with Crippen LogP contribution in [0.1, 0.15) is 55.2 Å². The highest BCUT2D eigenvalue weighted by atomic mass is 16.5. The third kappa shape index (κ3) is 4.31. The van der Waals surface area contributed by atoms with Crippen molar-refractivity contribution in [1.82, 2.24) is 14.7 Å². The number of nitrogens with zero attached hydrogens (tertiary/aromatic N) is 3. The van der Waals surface area contributed by atoms with E-state index in [0.717, 1.165) is 18.5 Å². The lowest BCUT2D eigenvalue weighted by Crippen LogP contribution is -2.44. The lowest BCUT2D eigenvalue weighted by atomic mass is 10.1. The largest absolute Gasteiger partial charge is 0.481 e. The van der Waals surface area contributed by atoms with Crippen LogP contribution in [-0.2, 0) is 16.6 Å². The van der Waals surface area contributed by atoms with E-state index in [-0.39, 0.29) is 30.8 Å². The Bertz CT molecular complexity index is 562. The Morgan fingerprint density at radius 2 is 2.09 bits per heavy atom. The topological polar surface area (TPSA) is 84.7 Å². The molecular weight excluding hydrogens is 298 g/mol. The van der Waals surface area contributed by atoms with E-state index < -0.39 is 5.97 Å². The fourth-order valence-electron chi connectivity index (χ4n) is 2.94. The first-order valence-electron chi connectivity index (χ1n) is 8.04. The molecule has 1 aliphatic rings. The average molecular weight is 323 g/mol. The molecule has 128 valence electrons. The van der Waals surface area contributed by atoms with E-state index in [1.165, 1.54) is 0 Å². The highest BCUT2D eigenvalue weighted by molar-refractivity contribution is 5.93. The summed E-state index contributed by atoms with van der Waals surface area (Å²) >= 11 is 0. The van der Waals surface area contributed by atoms with Crippen LogP contribution in [-0.4, -0.2) is 57.5 Å². The van der Waals surface area contributed by atoms with E-state index in [0.29, 0.717) is 18.9 Å². The number of aryl methyl sites for hydroxylation is 1. The van der Waals surface area contributed by atoms with E-state index >= 15 is 0 Å². The third-order valence-corrected chi connectivity index (χ3v) is 4.19. The van der Waals surface area contributed by atoms with Gasteiger partial charge in [0.15, 0.2) is 5.69 Å². The van der Waals surface area contributed by atoms with E-state index in [4.69, 9.17) is 9.84 Å². The van der Waals surface area contributed by atoms with E-state index in [1.807, 2.05) is 20.9 Å². The highest BCUT2D eigenvalue weighted by Gasteiger charge is 2.29. The maximum atomic E-state index is 12.9. The Morgan fingerprint density at radius 1 is 1.43 bits per heavy atom. The number of carbonyl (C=O) groups excluding carboxylic acids is 1. The van der Waals surface area contributed by atoms with E-state index in [9.17, 15) is 9.59 Å². The molecule has 1 aliphatic heterocycles. The Balaban J connectivity index is 2.20. The zero-order valence-corrected chi connectivity index (χ0v) is 14.0. The summed E-state index contributed by atoms with van der Waals surface area (Å²) in [5.74, 6) is -0.830. The molecule has 1 fully saturated rings. The molecule has 1 aromatic heterocycles. The first-order valence-corrected chi connectivity index (χ1v) is 8.04. The number of aromatic nitrogens is 2. The summed E-state index contributed by atoms with van der Waals surface area (Å²) in [6, 6.07) is 1.82. The van der Waals surface area contributed by atoms with Gasteiger partial charge in [-0.15, -0.1) is 0 Å². The van der Waals surface area contributed by atoms with Gasteiger partial charge < -0.3 is 14.7 Å². The summed E-state index contributed by atoms with van der Waals surface area (Å²) in [4.78, 5) is 25.4. The third-order valence-electron chi connectivity index (χ3n) is 4.19. The number of ether oxygens (including phenoxy) is 1. The lowest BCUT2D eigenvalue weighted by Gasteiger charge is -2.33. The molecule has 7 heteroatoms. The summed E-state index contributed by atoms with van der Waals surface area (Å²) in [7, 11) is 1.82. The van der Waals surface area contributed by atoms with Crippen molar-refractivity contribution >= 4 is 11.9 Å². The van der Waals surface area contributed by atoms with Crippen molar-refractivity contribution in [3.05, 3.63) is 17.5 Å². The Hall–Kier alpha value is -1.89. The molecule has 1 aromatic rings. The van der Waals surface area contributed by atoms with Crippen LogP contribution in [0.15, 0.2) is 6.07 Å². The summed E-state index contributed by atoms with van der Waals surface area (Å²) in [6.45, 7) is 5.49. The second-order valence-electron chi connectivity index (χ2n) is 6.22. The van der Waals surface area contributed by atoms with Crippen molar-refractivity contribution in [1.29, 1.82) is 0 Å². The first kappa shape index (κ1) is 17.5. The van der Waals surface area contributed by atoms with Crippen molar-refractivity contribution in [2.75, 3.05) is 19.8 Å². The van der Waals surface area contributed by atoms with Gasteiger partial charge in [-0.05, 0) is 24.8 Å². The van der Waals surface area contributed by atoms with Gasteiger partial charge in [0.1, 0.15) is 0 Å². The van der Waals surface area contributed by atoms with Crippen molar-refractivity contribution in [3.8, 4) is 0 Å². The molecule has 0 spiro atoms. The van der Waals surface area contributed by atoms with E-state index in [1.54, 1.807) is 15.6 Å². The number of amides is 1. The molecule has 0 unspecified atom stereocenters. The summed E-state index contributed by atoms with van der Waals surface area (Å²) in [6.07, 6.45) is 1.40. The maximum Gasteiger partial charge on any atom is 0.305 e. The molecule has 1 saturated heterocycles. The Morgan fingerprint density at radius 3 is 2.61 bits per heavy atom. The fourth-order valence-corrected chi connectivity index (χ4v) is 2.94. The second kappa shape index (κ2) is 7.59. The minimum absolute atomic E-state index is 0.0140. The number of hydrogen-bond acceptors (Lipinski definition) is 4. The van der Waals surface area contributed by atoms with Gasteiger partial charge in [0, 0.05) is 38.5 Å². The number of aliphatic carboxylic acids is 1. The number of carboxylic acid groups (broad SMARTS) is 1. The van der Waals surface area contributed by atoms with Crippen LogP contribution >= 0.6 is 0 Å². The lowest BCUT2D eigenvalue weighted by molar-refractivity contribution is -0.137. The number of rotatable bonds is 6. The Kier molecular flexibility index (Phi) is 5.76. The summed E-state index contributed by atoms with van der Waals surface area (Å²) in [5.41, 5.74) is 1.37. The van der Waals surface area contributed by atoms with Crippen LogP contribution in [0.25, 0.3) is 0 Å². The molecule has 1 amide bonds. The molecule has 0 bridgehead atoms. The smallest absolute Gasteiger partial charge is 0.305 e. The molecule has 0 aromatic carbocycles. The van der Waals surface area contributed by atoms with Crippen LogP contribution < -0.4 is 0 Å². The minimum atomic E-state index is -0.904. The highest BCUT2D eigenvalue weighted by Crippen LogP contribution is 2.20. The SMILES string of the molecule is CC(C)c1cc(C(=O)N(CCC(=O)O)C2CCOCC2)nn1C. The molecule has 0 atom stereocenters. The van der Waals surface area contributed by atoms with Gasteiger partial charge >= 0.3 is 5.97 Å². The fraction of sp³-hybridized carbons (Fsp3) is 0.688.